The molecule has 1 atom stereocenters. The Balaban J connectivity index is 0.000000199. The van der Waals surface area contributed by atoms with E-state index in [-0.39, 0.29) is 0 Å². The maximum absolute atomic E-state index is 10.9. The van der Waals surface area contributed by atoms with Gasteiger partial charge in [0.05, 0.1) is 0 Å². The van der Waals surface area contributed by atoms with E-state index in [1.54, 1.807) is 6.26 Å². The van der Waals surface area contributed by atoms with Crippen LogP contribution in [0.4, 0.5) is 0 Å². The molecule has 0 spiro atoms. The molecule has 4 aromatic rings. The summed E-state index contributed by atoms with van der Waals surface area (Å²) < 4.78 is 10.9. The number of rotatable bonds is 5. The second-order valence-corrected chi connectivity index (χ2v) is 10.4. The van der Waals surface area contributed by atoms with Gasteiger partial charge < -0.3 is 4.55 Å². The molecule has 0 fully saturated rings. The summed E-state index contributed by atoms with van der Waals surface area (Å²) in [5.41, 5.74) is 1.06. The molecule has 4 rings (SSSR count). The van der Waals surface area contributed by atoms with Gasteiger partial charge in [-0.15, -0.1) is 11.6 Å². The van der Waals surface area contributed by atoms with Crippen LogP contribution in [0.25, 0.3) is 0 Å². The third-order valence-electron chi connectivity index (χ3n) is 4.45. The number of hydrogen-bond donors (Lipinski definition) is 0. The lowest BCUT2D eigenvalue weighted by molar-refractivity contribution is 0.601. The summed E-state index contributed by atoms with van der Waals surface area (Å²) in [5, 5.41) is 4.19. The van der Waals surface area contributed by atoms with Crippen molar-refractivity contribution in [2.45, 2.75) is 10.8 Å². The van der Waals surface area contributed by atoms with Crippen LogP contribution in [0.1, 0.15) is 5.56 Å². The minimum atomic E-state index is -0.882. The molecule has 0 saturated heterocycles. The standard InChI is InChI=1S/C18H15P.C8H9ClOS/c1-4-10-16(11-5-1)19(17-12-6-2-7-13-17)18-14-8-3-9-15-18;1-11(10)8-4-2-7(6-9)3-5-8/h1-15H;2-5H,6H2,1H3. The molecule has 152 valence electrons. The minimum absolute atomic E-state index is 0.446. The van der Waals surface area contributed by atoms with Gasteiger partial charge in [0, 0.05) is 5.88 Å². The zero-order valence-electron chi connectivity index (χ0n) is 16.8. The second kappa shape index (κ2) is 11.9. The highest BCUT2D eigenvalue weighted by atomic mass is 35.5. The van der Waals surface area contributed by atoms with Gasteiger partial charge in [0.25, 0.3) is 0 Å². The highest BCUT2D eigenvalue weighted by Crippen LogP contribution is 2.32. The maximum Gasteiger partial charge on any atom is 0.152 e. The average molecular weight is 451 g/mol. The van der Waals surface area contributed by atoms with Crippen LogP contribution < -0.4 is 15.9 Å². The van der Waals surface area contributed by atoms with Crippen molar-refractivity contribution in [3.05, 3.63) is 121 Å². The van der Waals surface area contributed by atoms with Crippen molar-refractivity contribution >= 4 is 46.6 Å². The van der Waals surface area contributed by atoms with Gasteiger partial charge in [0.15, 0.2) is 4.90 Å². The fourth-order valence-electron chi connectivity index (χ4n) is 2.95. The first-order valence-electron chi connectivity index (χ1n) is 9.62. The topological polar surface area (TPSA) is 23.1 Å². The molecule has 0 radical (unpaired) electrons. The van der Waals surface area contributed by atoms with Gasteiger partial charge in [-0.05, 0) is 52.7 Å². The Bertz CT molecular complexity index is 899. The highest BCUT2D eigenvalue weighted by molar-refractivity contribution is 7.90. The molecule has 0 aromatic heterocycles. The lowest BCUT2D eigenvalue weighted by atomic mass is 10.2. The van der Waals surface area contributed by atoms with Crippen LogP contribution in [0, 0.1) is 0 Å². The summed E-state index contributed by atoms with van der Waals surface area (Å²) in [6.07, 6.45) is 1.66. The van der Waals surface area contributed by atoms with E-state index in [1.807, 2.05) is 24.3 Å². The molecule has 0 aliphatic carbocycles. The first kappa shape index (κ1) is 22.6. The fourth-order valence-corrected chi connectivity index (χ4v) is 5.95. The second-order valence-electron chi connectivity index (χ2n) is 6.57. The molecule has 4 aromatic carbocycles. The third-order valence-corrected chi connectivity index (χ3v) is 8.14. The molecular weight excluding hydrogens is 427 g/mol. The van der Waals surface area contributed by atoms with Crippen molar-refractivity contribution < 1.29 is 4.55 Å². The average Bonchev–Trinajstić information content (AvgIpc) is 2.82. The van der Waals surface area contributed by atoms with E-state index >= 15 is 0 Å². The van der Waals surface area contributed by atoms with E-state index in [0.29, 0.717) is 5.88 Å². The van der Waals surface area contributed by atoms with Crippen molar-refractivity contribution in [2.24, 2.45) is 0 Å². The number of alkyl halides is 1. The zero-order valence-corrected chi connectivity index (χ0v) is 19.3. The van der Waals surface area contributed by atoms with Crippen molar-refractivity contribution in [3.8, 4) is 0 Å². The first-order chi connectivity index (χ1) is 14.7. The summed E-state index contributed by atoms with van der Waals surface area (Å²) in [6.45, 7) is 0. The van der Waals surface area contributed by atoms with Crippen molar-refractivity contribution in [1.29, 1.82) is 0 Å². The van der Waals surface area contributed by atoms with Crippen LogP contribution in [0.5, 0.6) is 0 Å². The van der Waals surface area contributed by atoms with Crippen molar-refractivity contribution in [3.63, 3.8) is 0 Å². The van der Waals surface area contributed by atoms with Crippen LogP contribution in [0.15, 0.2) is 120 Å². The quantitative estimate of drug-likeness (QED) is 0.220. The van der Waals surface area contributed by atoms with Gasteiger partial charge in [0.1, 0.15) is 6.26 Å². The molecule has 0 amide bonds. The molecule has 0 saturated carbocycles. The van der Waals surface area contributed by atoms with Crippen LogP contribution in [-0.2, 0) is 17.1 Å². The third kappa shape index (κ3) is 6.45. The largest absolute Gasteiger partial charge is 0.612 e. The molecule has 0 N–H and O–H groups in total. The molecule has 4 heteroatoms. The van der Waals surface area contributed by atoms with Gasteiger partial charge in [-0.2, -0.15) is 0 Å². The monoisotopic (exact) mass is 450 g/mol. The highest BCUT2D eigenvalue weighted by Gasteiger charge is 2.14. The van der Waals surface area contributed by atoms with E-state index in [2.05, 4.69) is 91.0 Å². The Morgan fingerprint density at radius 1 is 0.633 bits per heavy atom. The van der Waals surface area contributed by atoms with Crippen LogP contribution >= 0.6 is 19.5 Å². The summed E-state index contributed by atoms with van der Waals surface area (Å²) >= 11 is 4.70. The normalized spacial score (nSPS) is 11.5. The zero-order chi connectivity index (χ0) is 21.2. The maximum atomic E-state index is 10.9. The van der Waals surface area contributed by atoms with Crippen molar-refractivity contribution in [2.75, 3.05) is 6.26 Å². The molecule has 0 aliphatic heterocycles. The van der Waals surface area contributed by atoms with E-state index in [0.717, 1.165) is 10.5 Å². The van der Waals surface area contributed by atoms with E-state index in [4.69, 9.17) is 11.6 Å². The van der Waals surface area contributed by atoms with Crippen LogP contribution in [0.3, 0.4) is 0 Å². The Kier molecular flexibility index (Phi) is 8.99. The molecule has 0 bridgehead atoms. The summed E-state index contributed by atoms with van der Waals surface area (Å²) in [6, 6.07) is 39.8. The number of benzene rings is 4. The molecule has 1 unspecified atom stereocenters. The van der Waals surface area contributed by atoms with E-state index < -0.39 is 19.1 Å². The number of halogens is 1. The minimum Gasteiger partial charge on any atom is -0.612 e. The van der Waals surface area contributed by atoms with E-state index in [9.17, 15) is 4.55 Å². The molecule has 0 heterocycles. The Morgan fingerprint density at radius 3 is 1.30 bits per heavy atom. The smallest absolute Gasteiger partial charge is 0.152 e. The summed E-state index contributed by atoms with van der Waals surface area (Å²) in [4.78, 5) is 0.846. The number of hydrogen-bond acceptors (Lipinski definition) is 1. The Morgan fingerprint density at radius 2 is 1.00 bits per heavy atom. The predicted molar refractivity (Wildman–Crippen MR) is 133 cm³/mol. The van der Waals surface area contributed by atoms with Gasteiger partial charge >= 0.3 is 0 Å². The van der Waals surface area contributed by atoms with Crippen molar-refractivity contribution in [1.82, 2.24) is 0 Å². The van der Waals surface area contributed by atoms with E-state index in [1.165, 1.54) is 15.9 Å². The molecular formula is C26H24ClOPS. The van der Waals surface area contributed by atoms with Gasteiger partial charge in [-0.1, -0.05) is 103 Å². The Labute approximate surface area is 188 Å². The van der Waals surface area contributed by atoms with Gasteiger partial charge in [-0.3, -0.25) is 0 Å². The predicted octanol–water partition coefficient (Wildman–Crippen LogP) is 5.61. The lowest BCUT2D eigenvalue weighted by Crippen LogP contribution is -2.20. The van der Waals surface area contributed by atoms with Crippen LogP contribution in [-0.4, -0.2) is 10.8 Å². The lowest BCUT2D eigenvalue weighted by Gasteiger charge is -2.18. The fraction of sp³-hybridized carbons (Fsp3) is 0.0769. The van der Waals surface area contributed by atoms with Crippen LogP contribution in [0.2, 0.25) is 0 Å². The van der Waals surface area contributed by atoms with Gasteiger partial charge in [0.2, 0.25) is 0 Å². The first-order valence-corrected chi connectivity index (χ1v) is 13.1. The summed E-state index contributed by atoms with van der Waals surface area (Å²) in [5.74, 6) is 0.511. The molecule has 1 nitrogen and oxygen atoms in total. The molecule has 30 heavy (non-hydrogen) atoms. The summed E-state index contributed by atoms with van der Waals surface area (Å²) in [7, 11) is -0.446. The SMILES string of the molecule is C[S+]([O-])c1ccc(CCl)cc1.c1ccc(P(c2ccccc2)c2ccccc2)cc1. The Hall–Kier alpha value is -2.09. The molecule has 0 aliphatic rings. The van der Waals surface area contributed by atoms with Gasteiger partial charge in [-0.25, -0.2) is 0 Å².